The zero-order valence-electron chi connectivity index (χ0n) is 15.1. The van der Waals surface area contributed by atoms with Crippen molar-refractivity contribution in [3.05, 3.63) is 77.5 Å². The third-order valence-electron chi connectivity index (χ3n) is 4.61. The molecular weight excluding hydrogens is 343 g/mol. The summed E-state index contributed by atoms with van der Waals surface area (Å²) in [5.41, 5.74) is 3.16. The number of nitrogens with zero attached hydrogens (tertiary/aromatic N) is 3. The second-order valence-corrected chi connectivity index (χ2v) is 6.67. The van der Waals surface area contributed by atoms with Gasteiger partial charge in [0, 0.05) is 23.5 Å². The van der Waals surface area contributed by atoms with Crippen molar-refractivity contribution in [3.8, 4) is 0 Å². The highest BCUT2D eigenvalue weighted by Gasteiger charge is 2.28. The fraction of sp³-hybridized carbons (Fsp3) is 0.190. The first-order chi connectivity index (χ1) is 13.0. The summed E-state index contributed by atoms with van der Waals surface area (Å²) in [6.45, 7) is 3.90. The van der Waals surface area contributed by atoms with E-state index in [1.54, 1.807) is 13.0 Å². The summed E-state index contributed by atoms with van der Waals surface area (Å²) in [5.74, 6) is 0.515. The first-order valence-electron chi connectivity index (χ1n) is 8.81. The van der Waals surface area contributed by atoms with Crippen LogP contribution < -0.4 is 10.2 Å². The van der Waals surface area contributed by atoms with Crippen LogP contribution in [0.1, 0.15) is 28.8 Å². The number of para-hydroxylation sites is 1. The van der Waals surface area contributed by atoms with E-state index < -0.39 is 0 Å². The molecule has 0 radical (unpaired) electrons. The van der Waals surface area contributed by atoms with E-state index in [4.69, 9.17) is 0 Å². The van der Waals surface area contributed by atoms with Crippen LogP contribution in [0.2, 0.25) is 0 Å². The number of hydrogen-bond donors (Lipinski definition) is 1. The highest BCUT2D eigenvalue weighted by Crippen LogP contribution is 2.37. The predicted octanol–water partition coefficient (Wildman–Crippen LogP) is 4.26. The Morgan fingerprint density at radius 1 is 1.15 bits per heavy atom. The van der Waals surface area contributed by atoms with Crippen molar-refractivity contribution in [2.24, 2.45) is 0 Å². The standard InChI is InChI=1S/C21H19FN4O/c1-13-11-15-5-3-4-6-19(15)26(13)20-12-18(23-14(2)24-20)21(27)25-17-9-7-16(22)8-10-17/h3-10,12-13H,11H2,1-2H3,(H,25,27). The molecule has 1 atom stereocenters. The number of hydrogen-bond acceptors (Lipinski definition) is 4. The Labute approximate surface area is 156 Å². The molecule has 1 aromatic heterocycles. The lowest BCUT2D eigenvalue weighted by atomic mass is 10.1. The molecule has 2 aromatic carbocycles. The van der Waals surface area contributed by atoms with Gasteiger partial charge in [-0.15, -0.1) is 0 Å². The molecule has 0 spiro atoms. The SMILES string of the molecule is Cc1nc(C(=O)Nc2ccc(F)cc2)cc(N2c3ccccc3CC2C)n1. The number of anilines is 3. The normalized spacial score (nSPS) is 15.5. The van der Waals surface area contributed by atoms with E-state index in [1.807, 2.05) is 12.1 Å². The number of aromatic nitrogens is 2. The highest BCUT2D eigenvalue weighted by molar-refractivity contribution is 6.03. The van der Waals surface area contributed by atoms with Gasteiger partial charge in [0.1, 0.15) is 23.2 Å². The van der Waals surface area contributed by atoms with E-state index in [1.165, 1.54) is 29.8 Å². The molecule has 136 valence electrons. The largest absolute Gasteiger partial charge is 0.323 e. The van der Waals surface area contributed by atoms with Crippen LogP contribution in [-0.4, -0.2) is 21.9 Å². The molecule has 0 bridgehead atoms. The Hall–Kier alpha value is -3.28. The van der Waals surface area contributed by atoms with E-state index in [2.05, 4.69) is 39.2 Å². The lowest BCUT2D eigenvalue weighted by molar-refractivity contribution is 0.102. The monoisotopic (exact) mass is 362 g/mol. The molecule has 0 saturated carbocycles. The minimum Gasteiger partial charge on any atom is -0.323 e. The molecule has 6 heteroatoms. The molecule has 3 aromatic rings. The van der Waals surface area contributed by atoms with Crippen LogP contribution in [0, 0.1) is 12.7 Å². The van der Waals surface area contributed by atoms with Crippen molar-refractivity contribution in [3.63, 3.8) is 0 Å². The van der Waals surface area contributed by atoms with Gasteiger partial charge in [0.25, 0.3) is 5.91 Å². The lowest BCUT2D eigenvalue weighted by Crippen LogP contribution is -2.26. The van der Waals surface area contributed by atoms with Gasteiger partial charge in [-0.3, -0.25) is 4.79 Å². The van der Waals surface area contributed by atoms with Gasteiger partial charge >= 0.3 is 0 Å². The topological polar surface area (TPSA) is 58.1 Å². The van der Waals surface area contributed by atoms with Crippen molar-refractivity contribution in [1.82, 2.24) is 9.97 Å². The second-order valence-electron chi connectivity index (χ2n) is 6.67. The minimum absolute atomic E-state index is 0.240. The molecule has 1 aliphatic heterocycles. The van der Waals surface area contributed by atoms with Crippen LogP contribution in [-0.2, 0) is 6.42 Å². The molecule has 0 saturated heterocycles. The van der Waals surface area contributed by atoms with Crippen LogP contribution in [0.15, 0.2) is 54.6 Å². The van der Waals surface area contributed by atoms with Crippen molar-refractivity contribution < 1.29 is 9.18 Å². The fourth-order valence-corrected chi connectivity index (χ4v) is 3.43. The van der Waals surface area contributed by atoms with Crippen molar-refractivity contribution in [1.29, 1.82) is 0 Å². The summed E-state index contributed by atoms with van der Waals surface area (Å²) in [6, 6.07) is 15.8. The van der Waals surface area contributed by atoms with Crippen LogP contribution >= 0.6 is 0 Å². The molecule has 4 rings (SSSR count). The summed E-state index contributed by atoms with van der Waals surface area (Å²) < 4.78 is 13.0. The summed E-state index contributed by atoms with van der Waals surface area (Å²) in [6.07, 6.45) is 0.927. The Morgan fingerprint density at radius 2 is 1.89 bits per heavy atom. The Kier molecular flexibility index (Phi) is 4.32. The van der Waals surface area contributed by atoms with Crippen molar-refractivity contribution in [2.45, 2.75) is 26.3 Å². The number of carbonyl (C=O) groups excluding carboxylic acids is 1. The van der Waals surface area contributed by atoms with E-state index in [9.17, 15) is 9.18 Å². The summed E-state index contributed by atoms with van der Waals surface area (Å²) in [5, 5.41) is 2.75. The van der Waals surface area contributed by atoms with E-state index >= 15 is 0 Å². The summed E-state index contributed by atoms with van der Waals surface area (Å²) in [7, 11) is 0. The first kappa shape index (κ1) is 17.1. The first-order valence-corrected chi connectivity index (χ1v) is 8.81. The van der Waals surface area contributed by atoms with Crippen molar-refractivity contribution >= 4 is 23.1 Å². The smallest absolute Gasteiger partial charge is 0.274 e. The molecule has 27 heavy (non-hydrogen) atoms. The molecule has 1 N–H and O–H groups in total. The summed E-state index contributed by atoms with van der Waals surface area (Å²) >= 11 is 0. The molecule has 5 nitrogen and oxygen atoms in total. The molecule has 1 aliphatic rings. The van der Waals surface area contributed by atoms with Crippen LogP contribution in [0.4, 0.5) is 21.6 Å². The van der Waals surface area contributed by atoms with Gasteiger partial charge in [-0.05, 0) is 56.2 Å². The second kappa shape index (κ2) is 6.79. The Balaban J connectivity index is 1.66. The maximum atomic E-state index is 13.0. The van der Waals surface area contributed by atoms with Gasteiger partial charge in [0.05, 0.1) is 0 Å². The van der Waals surface area contributed by atoms with Gasteiger partial charge < -0.3 is 10.2 Å². The van der Waals surface area contributed by atoms with Gasteiger partial charge in [-0.1, -0.05) is 18.2 Å². The molecule has 2 heterocycles. The predicted molar refractivity (Wildman–Crippen MR) is 103 cm³/mol. The number of nitrogens with one attached hydrogen (secondary N) is 1. The molecule has 0 fully saturated rings. The third-order valence-corrected chi connectivity index (χ3v) is 4.61. The molecule has 1 amide bonds. The van der Waals surface area contributed by atoms with Crippen LogP contribution in [0.5, 0.6) is 0 Å². The molecule has 0 aliphatic carbocycles. The van der Waals surface area contributed by atoms with Gasteiger partial charge in [0.15, 0.2) is 0 Å². The number of amides is 1. The van der Waals surface area contributed by atoms with Crippen molar-refractivity contribution in [2.75, 3.05) is 10.2 Å². The van der Waals surface area contributed by atoms with Crippen LogP contribution in [0.25, 0.3) is 0 Å². The average Bonchev–Trinajstić information content (AvgIpc) is 2.98. The number of rotatable bonds is 3. The quantitative estimate of drug-likeness (QED) is 0.756. The van der Waals surface area contributed by atoms with E-state index in [-0.39, 0.29) is 23.5 Å². The highest BCUT2D eigenvalue weighted by atomic mass is 19.1. The number of carbonyl (C=O) groups is 1. The van der Waals surface area contributed by atoms with Crippen LogP contribution in [0.3, 0.4) is 0 Å². The number of fused-ring (bicyclic) bond motifs is 1. The molecular formula is C21H19FN4O. The van der Waals surface area contributed by atoms with Gasteiger partial charge in [-0.2, -0.15) is 0 Å². The van der Waals surface area contributed by atoms with E-state index in [0.29, 0.717) is 17.3 Å². The fourth-order valence-electron chi connectivity index (χ4n) is 3.43. The van der Waals surface area contributed by atoms with Gasteiger partial charge in [-0.25, -0.2) is 14.4 Å². The maximum Gasteiger partial charge on any atom is 0.274 e. The Bertz CT molecular complexity index is 1000. The Morgan fingerprint density at radius 3 is 2.67 bits per heavy atom. The maximum absolute atomic E-state index is 13.0. The number of aryl methyl sites for hydroxylation is 1. The average molecular weight is 362 g/mol. The zero-order valence-corrected chi connectivity index (χ0v) is 15.1. The van der Waals surface area contributed by atoms with Gasteiger partial charge in [0.2, 0.25) is 0 Å². The third kappa shape index (κ3) is 3.38. The number of benzene rings is 2. The minimum atomic E-state index is -0.353. The molecule has 1 unspecified atom stereocenters. The zero-order chi connectivity index (χ0) is 19.0. The van der Waals surface area contributed by atoms with E-state index in [0.717, 1.165) is 12.1 Å². The lowest BCUT2D eigenvalue weighted by Gasteiger charge is -2.24. The summed E-state index contributed by atoms with van der Waals surface area (Å²) in [4.78, 5) is 23.6. The number of halogens is 1.